The van der Waals surface area contributed by atoms with Crippen LogP contribution in [0.25, 0.3) is 5.76 Å². The quantitative estimate of drug-likeness (QED) is 0.778. The van der Waals surface area contributed by atoms with Crippen LogP contribution in [0.5, 0.6) is 5.75 Å². The topological polar surface area (TPSA) is 61.8 Å². The summed E-state index contributed by atoms with van der Waals surface area (Å²) in [4.78, 5) is 24.0. The maximum atomic E-state index is 13.7. The molecule has 23 heavy (non-hydrogen) atoms. The number of rotatable bonds is 2. The molecule has 1 aliphatic rings. The van der Waals surface area contributed by atoms with Crippen molar-refractivity contribution in [2.24, 2.45) is 0 Å². The summed E-state index contributed by atoms with van der Waals surface area (Å²) in [7, 11) is 0. The number of hydrogen-bond acceptors (Lipinski definition) is 5. The average molecular weight is 322 g/mol. The number of ether oxygens (including phenoxy) is 3. The monoisotopic (exact) mass is 322 g/mol. The van der Waals surface area contributed by atoms with Gasteiger partial charge in [0.25, 0.3) is 5.43 Å². The summed E-state index contributed by atoms with van der Waals surface area (Å²) >= 11 is 0. The van der Waals surface area contributed by atoms with Crippen molar-refractivity contribution in [2.75, 3.05) is 6.61 Å². The summed E-state index contributed by atoms with van der Waals surface area (Å²) in [5, 5.41) is 0. The molecule has 124 valence electrons. The Balaban J connectivity index is 2.45. The maximum absolute atomic E-state index is 13.7. The fourth-order valence-corrected chi connectivity index (χ4v) is 2.01. The summed E-state index contributed by atoms with van der Waals surface area (Å²) in [6.07, 6.45) is 2.32. The van der Waals surface area contributed by atoms with E-state index in [0.717, 1.165) is 18.9 Å². The molecule has 0 aliphatic carbocycles. The highest BCUT2D eigenvalue weighted by molar-refractivity contribution is 5.71. The number of halogens is 1. The van der Waals surface area contributed by atoms with E-state index in [2.05, 4.69) is 0 Å². The number of hydrogen-bond donors (Lipinski definition) is 0. The van der Waals surface area contributed by atoms with Gasteiger partial charge in [-0.2, -0.15) is 0 Å². The zero-order valence-electron chi connectivity index (χ0n) is 13.3. The highest BCUT2D eigenvalue weighted by Gasteiger charge is 2.23. The Kier molecular flexibility index (Phi) is 5.03. The van der Waals surface area contributed by atoms with Crippen molar-refractivity contribution in [1.29, 1.82) is 0 Å². The third-order valence-electron chi connectivity index (χ3n) is 2.95. The molecule has 1 aliphatic heterocycles. The molecule has 0 radical (unpaired) electrons. The van der Waals surface area contributed by atoms with Crippen LogP contribution in [0.1, 0.15) is 39.2 Å². The minimum absolute atomic E-state index is 0.226. The molecule has 0 unspecified atom stereocenters. The minimum atomic E-state index is -1.07. The Morgan fingerprint density at radius 3 is 2.65 bits per heavy atom. The van der Waals surface area contributed by atoms with Gasteiger partial charge in [0.2, 0.25) is 0 Å². The molecule has 0 atom stereocenters. The molecule has 0 saturated carbocycles. The van der Waals surface area contributed by atoms with E-state index in [1.807, 2.05) is 0 Å². The van der Waals surface area contributed by atoms with Gasteiger partial charge >= 0.3 is 6.16 Å². The molecule has 1 aromatic carbocycles. The summed E-state index contributed by atoms with van der Waals surface area (Å²) in [6.45, 7) is 5.45. The highest BCUT2D eigenvalue weighted by Crippen LogP contribution is 2.27. The van der Waals surface area contributed by atoms with Crippen molar-refractivity contribution in [3.8, 4) is 5.75 Å². The van der Waals surface area contributed by atoms with Crippen molar-refractivity contribution >= 4 is 11.9 Å². The van der Waals surface area contributed by atoms with Gasteiger partial charge in [0.15, 0.2) is 11.6 Å². The van der Waals surface area contributed by atoms with Crippen LogP contribution in [0.15, 0.2) is 29.1 Å². The number of carbonyl (C=O) groups excluding carboxylic acids is 1. The van der Waals surface area contributed by atoms with E-state index in [9.17, 15) is 14.0 Å². The lowest BCUT2D eigenvalue weighted by atomic mass is 10.1. The van der Waals surface area contributed by atoms with Crippen molar-refractivity contribution in [2.45, 2.75) is 39.2 Å². The predicted molar refractivity (Wildman–Crippen MR) is 82.7 cm³/mol. The highest BCUT2D eigenvalue weighted by atomic mass is 19.1. The van der Waals surface area contributed by atoms with E-state index in [1.54, 1.807) is 26.8 Å². The number of carbonyl (C=O) groups is 1. The summed E-state index contributed by atoms with van der Waals surface area (Å²) in [6, 6.07) is 3.85. The Bertz CT molecular complexity index is 688. The first kappa shape index (κ1) is 17.0. The molecule has 0 spiro atoms. The van der Waals surface area contributed by atoms with Crippen LogP contribution in [0, 0.1) is 5.82 Å². The van der Waals surface area contributed by atoms with Gasteiger partial charge in [-0.05, 0) is 51.8 Å². The van der Waals surface area contributed by atoms with E-state index in [-0.39, 0.29) is 5.56 Å². The second-order valence-corrected chi connectivity index (χ2v) is 6.07. The first-order valence-electron chi connectivity index (χ1n) is 7.35. The second kappa shape index (κ2) is 6.81. The van der Waals surface area contributed by atoms with Gasteiger partial charge in [-0.15, -0.1) is 0 Å². The summed E-state index contributed by atoms with van der Waals surface area (Å²) in [5.74, 6) is -1.07. The Morgan fingerprint density at radius 2 is 2.04 bits per heavy atom. The lowest BCUT2D eigenvalue weighted by Crippen LogP contribution is -2.27. The molecule has 0 bridgehead atoms. The van der Waals surface area contributed by atoms with Crippen LogP contribution in [0.2, 0.25) is 0 Å². The second-order valence-electron chi connectivity index (χ2n) is 6.07. The Morgan fingerprint density at radius 1 is 1.30 bits per heavy atom. The van der Waals surface area contributed by atoms with Crippen LogP contribution >= 0.6 is 0 Å². The number of allylic oxidation sites excluding steroid dienone is 1. The van der Waals surface area contributed by atoms with Crippen molar-refractivity contribution < 1.29 is 23.4 Å². The molecule has 0 N–H and O–H groups in total. The molecule has 1 aromatic rings. The molecule has 0 fully saturated rings. The zero-order chi connectivity index (χ0) is 17.0. The van der Waals surface area contributed by atoms with Crippen molar-refractivity contribution in [3.05, 3.63) is 45.9 Å². The van der Waals surface area contributed by atoms with Crippen LogP contribution in [0.3, 0.4) is 0 Å². The van der Waals surface area contributed by atoms with Crippen LogP contribution in [-0.2, 0) is 9.47 Å². The van der Waals surface area contributed by atoms with E-state index >= 15 is 0 Å². The van der Waals surface area contributed by atoms with Crippen LogP contribution in [-0.4, -0.2) is 18.4 Å². The third kappa shape index (κ3) is 4.55. The zero-order valence-corrected chi connectivity index (χ0v) is 13.3. The largest absolute Gasteiger partial charge is 0.514 e. The molecule has 0 amide bonds. The summed E-state index contributed by atoms with van der Waals surface area (Å²) < 4.78 is 29.3. The predicted octanol–water partition coefficient (Wildman–Crippen LogP) is 3.65. The molecular weight excluding hydrogens is 303 g/mol. The van der Waals surface area contributed by atoms with Crippen molar-refractivity contribution in [3.63, 3.8) is 0 Å². The lowest BCUT2D eigenvalue weighted by Gasteiger charge is -2.20. The molecule has 5 nitrogen and oxygen atoms in total. The van der Waals surface area contributed by atoms with Gasteiger partial charge in [0.05, 0.1) is 12.2 Å². The minimum Gasteiger partial charge on any atom is -0.493 e. The maximum Gasteiger partial charge on any atom is 0.514 e. The van der Waals surface area contributed by atoms with Gasteiger partial charge in [-0.25, -0.2) is 9.18 Å². The van der Waals surface area contributed by atoms with E-state index in [0.29, 0.717) is 12.4 Å². The van der Waals surface area contributed by atoms with Crippen LogP contribution < -0.4 is 10.2 Å². The van der Waals surface area contributed by atoms with E-state index in [1.165, 1.54) is 12.1 Å². The average Bonchev–Trinajstić information content (AvgIpc) is 2.60. The SMILES string of the molecule is CC(C)(C)OC(=O)Oc1c(C2=CCCCO2)cccc(F)c1=O. The normalized spacial score (nSPS) is 14.5. The van der Waals surface area contributed by atoms with Gasteiger partial charge in [-0.3, -0.25) is 4.79 Å². The fourth-order valence-electron chi connectivity index (χ4n) is 2.01. The van der Waals surface area contributed by atoms with E-state index < -0.39 is 28.8 Å². The molecule has 6 heteroatoms. The Hall–Kier alpha value is -2.37. The third-order valence-corrected chi connectivity index (χ3v) is 2.95. The van der Waals surface area contributed by atoms with Crippen molar-refractivity contribution in [1.82, 2.24) is 0 Å². The van der Waals surface area contributed by atoms with Gasteiger partial charge < -0.3 is 14.2 Å². The first-order chi connectivity index (χ1) is 10.8. The smallest absolute Gasteiger partial charge is 0.493 e. The summed E-state index contributed by atoms with van der Waals surface area (Å²) in [5.41, 5.74) is -1.59. The Labute approximate surface area is 133 Å². The molecular formula is C17H19FO5. The molecule has 1 heterocycles. The van der Waals surface area contributed by atoms with Gasteiger partial charge in [-0.1, -0.05) is 6.07 Å². The van der Waals surface area contributed by atoms with Gasteiger partial charge in [0, 0.05) is 0 Å². The lowest BCUT2D eigenvalue weighted by molar-refractivity contribution is 0.0202. The molecule has 2 rings (SSSR count). The van der Waals surface area contributed by atoms with Crippen LogP contribution in [0.4, 0.5) is 9.18 Å². The molecule has 0 aromatic heterocycles. The first-order valence-corrected chi connectivity index (χ1v) is 7.35. The molecule has 0 saturated heterocycles. The van der Waals surface area contributed by atoms with Gasteiger partial charge in [0.1, 0.15) is 11.4 Å². The van der Waals surface area contributed by atoms with E-state index in [4.69, 9.17) is 14.2 Å². The fraction of sp³-hybridized carbons (Fsp3) is 0.412. The standard InChI is InChI=1S/C17H19FO5/c1-17(2,3)23-16(20)22-15-11(13-9-4-5-10-21-13)7-6-8-12(18)14(15)19/h6-9H,4-5,10H2,1-3H3.